The number of nitro groups is 1. The second-order valence-corrected chi connectivity index (χ2v) is 4.31. The normalized spacial score (nSPS) is 20.7. The van der Waals surface area contributed by atoms with E-state index in [2.05, 4.69) is 5.32 Å². The Morgan fingerprint density at radius 3 is 2.88 bits per heavy atom. The van der Waals surface area contributed by atoms with Gasteiger partial charge in [-0.1, -0.05) is 18.6 Å². The zero-order valence-electron chi connectivity index (χ0n) is 9.40. The Hall–Kier alpha value is -1.42. The third-order valence-corrected chi connectivity index (χ3v) is 3.14. The highest BCUT2D eigenvalue weighted by atomic mass is 16.6. The molecule has 0 aromatic heterocycles. The van der Waals surface area contributed by atoms with Crippen LogP contribution >= 0.6 is 0 Å². The van der Waals surface area contributed by atoms with Gasteiger partial charge in [-0.15, -0.1) is 0 Å². The summed E-state index contributed by atoms with van der Waals surface area (Å²) in [5.74, 6) is 0. The number of nitrogens with zero attached hydrogens (tertiary/aromatic N) is 1. The molecule has 0 amide bonds. The maximum atomic E-state index is 10.8. The third kappa shape index (κ3) is 2.22. The van der Waals surface area contributed by atoms with Crippen molar-refractivity contribution in [1.82, 2.24) is 5.32 Å². The van der Waals surface area contributed by atoms with Crippen molar-refractivity contribution in [2.24, 2.45) is 0 Å². The summed E-state index contributed by atoms with van der Waals surface area (Å²) in [7, 11) is 0. The van der Waals surface area contributed by atoms with E-state index in [4.69, 9.17) is 0 Å². The van der Waals surface area contributed by atoms with Gasteiger partial charge in [-0.2, -0.15) is 0 Å². The Morgan fingerprint density at radius 2 is 2.25 bits per heavy atom. The van der Waals surface area contributed by atoms with Crippen molar-refractivity contribution in [3.63, 3.8) is 0 Å². The maximum absolute atomic E-state index is 10.8. The predicted molar refractivity (Wildman–Crippen MR) is 62.4 cm³/mol. The van der Waals surface area contributed by atoms with Gasteiger partial charge in [0, 0.05) is 17.7 Å². The third-order valence-electron chi connectivity index (χ3n) is 3.14. The molecule has 1 saturated heterocycles. The van der Waals surface area contributed by atoms with Gasteiger partial charge in [-0.05, 0) is 31.9 Å². The highest BCUT2D eigenvalue weighted by Crippen LogP contribution is 2.27. The first kappa shape index (κ1) is 11.1. The van der Waals surface area contributed by atoms with E-state index < -0.39 is 0 Å². The van der Waals surface area contributed by atoms with Gasteiger partial charge < -0.3 is 5.32 Å². The summed E-state index contributed by atoms with van der Waals surface area (Å²) in [4.78, 5) is 10.5. The standard InChI is InChI=1S/C12H16N2O2/c1-9-5-6-10(8-12(9)14(15)16)11-4-2-3-7-13-11/h5-6,8,11,13H,2-4,7H2,1H3. The number of nitrogens with one attached hydrogen (secondary N) is 1. The summed E-state index contributed by atoms with van der Waals surface area (Å²) in [5.41, 5.74) is 1.99. The van der Waals surface area contributed by atoms with E-state index in [1.54, 1.807) is 13.0 Å². The zero-order chi connectivity index (χ0) is 11.5. The summed E-state index contributed by atoms with van der Waals surface area (Å²) in [6.07, 6.45) is 3.46. The Labute approximate surface area is 94.8 Å². The van der Waals surface area contributed by atoms with Crippen molar-refractivity contribution in [3.05, 3.63) is 39.4 Å². The van der Waals surface area contributed by atoms with Gasteiger partial charge in [0.15, 0.2) is 0 Å². The molecule has 1 fully saturated rings. The molecular formula is C12H16N2O2. The van der Waals surface area contributed by atoms with E-state index in [0.29, 0.717) is 0 Å². The van der Waals surface area contributed by atoms with Crippen LogP contribution in [0.15, 0.2) is 18.2 Å². The Bertz CT molecular complexity index is 398. The number of rotatable bonds is 2. The zero-order valence-corrected chi connectivity index (χ0v) is 9.40. The van der Waals surface area contributed by atoms with Gasteiger partial charge in [0.05, 0.1) is 4.92 Å². The van der Waals surface area contributed by atoms with E-state index in [0.717, 1.165) is 24.1 Å². The molecule has 1 atom stereocenters. The Balaban J connectivity index is 2.27. The number of benzene rings is 1. The van der Waals surface area contributed by atoms with Crippen molar-refractivity contribution in [1.29, 1.82) is 0 Å². The molecular weight excluding hydrogens is 204 g/mol. The summed E-state index contributed by atoms with van der Waals surface area (Å²) >= 11 is 0. The fourth-order valence-electron chi connectivity index (χ4n) is 2.18. The van der Waals surface area contributed by atoms with Crippen LogP contribution in [0.2, 0.25) is 0 Å². The molecule has 0 radical (unpaired) electrons. The molecule has 16 heavy (non-hydrogen) atoms. The van der Waals surface area contributed by atoms with Crippen LogP contribution in [0.1, 0.15) is 36.4 Å². The van der Waals surface area contributed by atoms with E-state index in [-0.39, 0.29) is 16.7 Å². The van der Waals surface area contributed by atoms with Crippen LogP contribution < -0.4 is 5.32 Å². The van der Waals surface area contributed by atoms with Crippen LogP contribution in [-0.4, -0.2) is 11.5 Å². The minimum atomic E-state index is -0.304. The minimum Gasteiger partial charge on any atom is -0.310 e. The second-order valence-electron chi connectivity index (χ2n) is 4.31. The fraction of sp³-hybridized carbons (Fsp3) is 0.500. The lowest BCUT2D eigenvalue weighted by Crippen LogP contribution is -2.26. The molecule has 1 heterocycles. The molecule has 2 rings (SSSR count). The summed E-state index contributed by atoms with van der Waals surface area (Å²) < 4.78 is 0. The first-order chi connectivity index (χ1) is 7.68. The smallest absolute Gasteiger partial charge is 0.272 e. The van der Waals surface area contributed by atoms with Crippen LogP contribution in [0.5, 0.6) is 0 Å². The molecule has 0 aliphatic carbocycles. The van der Waals surface area contributed by atoms with Gasteiger partial charge in [-0.3, -0.25) is 10.1 Å². The summed E-state index contributed by atoms with van der Waals surface area (Å²) in [6, 6.07) is 5.82. The Kier molecular flexibility index (Phi) is 3.19. The number of piperidine rings is 1. The average molecular weight is 220 g/mol. The van der Waals surface area contributed by atoms with E-state index in [9.17, 15) is 10.1 Å². The number of hydrogen-bond donors (Lipinski definition) is 1. The lowest BCUT2D eigenvalue weighted by atomic mass is 9.96. The molecule has 1 aliphatic heterocycles. The Morgan fingerprint density at radius 1 is 1.44 bits per heavy atom. The highest BCUT2D eigenvalue weighted by Gasteiger charge is 2.18. The summed E-state index contributed by atoms with van der Waals surface area (Å²) in [6.45, 7) is 2.78. The van der Waals surface area contributed by atoms with Gasteiger partial charge in [-0.25, -0.2) is 0 Å². The largest absolute Gasteiger partial charge is 0.310 e. The molecule has 0 spiro atoms. The van der Waals surface area contributed by atoms with E-state index >= 15 is 0 Å². The second kappa shape index (κ2) is 4.61. The SMILES string of the molecule is Cc1ccc(C2CCCCN2)cc1[N+](=O)[O-]. The van der Waals surface area contributed by atoms with Crippen molar-refractivity contribution in [3.8, 4) is 0 Å². The molecule has 1 N–H and O–H groups in total. The van der Waals surface area contributed by atoms with Crippen LogP contribution in [0.4, 0.5) is 5.69 Å². The molecule has 1 unspecified atom stereocenters. The monoisotopic (exact) mass is 220 g/mol. The van der Waals surface area contributed by atoms with Gasteiger partial charge in [0.25, 0.3) is 5.69 Å². The molecule has 1 aliphatic rings. The molecule has 4 nitrogen and oxygen atoms in total. The molecule has 1 aromatic rings. The van der Waals surface area contributed by atoms with Crippen molar-refractivity contribution in [2.45, 2.75) is 32.2 Å². The molecule has 1 aromatic carbocycles. The quantitative estimate of drug-likeness (QED) is 0.616. The van der Waals surface area contributed by atoms with Crippen molar-refractivity contribution < 1.29 is 4.92 Å². The number of hydrogen-bond acceptors (Lipinski definition) is 3. The first-order valence-electron chi connectivity index (χ1n) is 5.67. The molecule has 0 saturated carbocycles. The van der Waals surface area contributed by atoms with Gasteiger partial charge in [0.1, 0.15) is 0 Å². The van der Waals surface area contributed by atoms with Crippen molar-refractivity contribution in [2.75, 3.05) is 6.54 Å². The van der Waals surface area contributed by atoms with Crippen LogP contribution in [0, 0.1) is 17.0 Å². The van der Waals surface area contributed by atoms with E-state index in [1.807, 2.05) is 12.1 Å². The highest BCUT2D eigenvalue weighted by molar-refractivity contribution is 5.43. The predicted octanol–water partition coefficient (Wildman–Crippen LogP) is 2.72. The van der Waals surface area contributed by atoms with Crippen LogP contribution in [-0.2, 0) is 0 Å². The molecule has 4 heteroatoms. The van der Waals surface area contributed by atoms with Crippen LogP contribution in [0.3, 0.4) is 0 Å². The van der Waals surface area contributed by atoms with E-state index in [1.165, 1.54) is 12.8 Å². The fourth-order valence-corrected chi connectivity index (χ4v) is 2.18. The summed E-state index contributed by atoms with van der Waals surface area (Å²) in [5, 5.41) is 14.2. The minimum absolute atomic E-state index is 0.227. The van der Waals surface area contributed by atoms with Gasteiger partial charge >= 0.3 is 0 Å². The molecule has 86 valence electrons. The number of nitro benzene ring substituents is 1. The topological polar surface area (TPSA) is 55.2 Å². The first-order valence-corrected chi connectivity index (χ1v) is 5.67. The van der Waals surface area contributed by atoms with Crippen LogP contribution in [0.25, 0.3) is 0 Å². The van der Waals surface area contributed by atoms with Crippen molar-refractivity contribution >= 4 is 5.69 Å². The number of aryl methyl sites for hydroxylation is 1. The van der Waals surface area contributed by atoms with Gasteiger partial charge in [0.2, 0.25) is 0 Å². The average Bonchev–Trinajstić information content (AvgIpc) is 2.30. The lowest BCUT2D eigenvalue weighted by molar-refractivity contribution is -0.385. The lowest BCUT2D eigenvalue weighted by Gasteiger charge is -2.23. The molecule has 0 bridgehead atoms. The maximum Gasteiger partial charge on any atom is 0.272 e.